The van der Waals surface area contributed by atoms with Gasteiger partial charge in [0, 0.05) is 12.5 Å². The summed E-state index contributed by atoms with van der Waals surface area (Å²) in [5.41, 5.74) is 6.33. The third kappa shape index (κ3) is 6.14. The summed E-state index contributed by atoms with van der Waals surface area (Å²) in [6.45, 7) is 11.6. The van der Waals surface area contributed by atoms with E-state index in [-0.39, 0.29) is 12.1 Å². The van der Waals surface area contributed by atoms with Gasteiger partial charge in [-0.3, -0.25) is 4.79 Å². The molecule has 38 heavy (non-hydrogen) atoms. The summed E-state index contributed by atoms with van der Waals surface area (Å²) in [5, 5.41) is 15.6. The van der Waals surface area contributed by atoms with Gasteiger partial charge in [0.2, 0.25) is 0 Å². The van der Waals surface area contributed by atoms with Gasteiger partial charge in [-0.05, 0) is 150 Å². The largest absolute Gasteiger partial charge is 0.469 e. The lowest BCUT2D eigenvalue weighted by Gasteiger charge is -2.62. The van der Waals surface area contributed by atoms with Crippen LogP contribution in [0.15, 0.2) is 0 Å². The van der Waals surface area contributed by atoms with Gasteiger partial charge in [0.05, 0.1) is 13.2 Å². The first-order chi connectivity index (χ1) is 18.1. The van der Waals surface area contributed by atoms with Crippen LogP contribution in [0.1, 0.15) is 97.8 Å². The van der Waals surface area contributed by atoms with Crippen molar-refractivity contribution in [1.29, 1.82) is 0 Å². The number of rotatable bonds is 12. The van der Waals surface area contributed by atoms with Crippen LogP contribution in [0.4, 0.5) is 0 Å². The van der Waals surface area contributed by atoms with Gasteiger partial charge < -0.3 is 25.8 Å². The molecule has 0 bridgehead atoms. The third-order valence-electron chi connectivity index (χ3n) is 12.4. The number of aliphatic hydroxyl groups excluding tert-OH is 1. The van der Waals surface area contributed by atoms with Crippen molar-refractivity contribution in [3.8, 4) is 0 Å². The Morgan fingerprint density at radius 1 is 1.08 bits per heavy atom. The number of esters is 1. The van der Waals surface area contributed by atoms with Crippen molar-refractivity contribution >= 4 is 5.97 Å². The van der Waals surface area contributed by atoms with Gasteiger partial charge >= 0.3 is 5.97 Å². The van der Waals surface area contributed by atoms with E-state index in [2.05, 4.69) is 38.0 Å². The van der Waals surface area contributed by atoms with Crippen LogP contribution < -0.4 is 11.1 Å². The zero-order valence-electron chi connectivity index (χ0n) is 25.2. The molecule has 0 aromatic heterocycles. The highest BCUT2D eigenvalue weighted by molar-refractivity contribution is 5.69. The SMILES string of the molecule is COC(=O)CC[C@@H](C)C1CCC2C3C(CC[C@@]21C)[C@@]1(C)CC[C@H](NCCCN(C)CCCN)CC1C[C@H]3O. The van der Waals surface area contributed by atoms with E-state index in [1.165, 1.54) is 58.5 Å². The Kier molecular flexibility index (Phi) is 10.3. The summed E-state index contributed by atoms with van der Waals surface area (Å²) in [7, 11) is 3.69. The van der Waals surface area contributed by atoms with Crippen LogP contribution in [-0.4, -0.2) is 68.5 Å². The Hall–Kier alpha value is -0.690. The molecule has 0 heterocycles. The van der Waals surface area contributed by atoms with Crippen molar-refractivity contribution in [3.63, 3.8) is 0 Å². The Morgan fingerprint density at radius 3 is 2.53 bits per heavy atom. The summed E-state index contributed by atoms with van der Waals surface area (Å²) in [5.74, 6) is 3.50. The molecule has 0 radical (unpaired) electrons. The van der Waals surface area contributed by atoms with Gasteiger partial charge in [-0.1, -0.05) is 20.8 Å². The van der Waals surface area contributed by atoms with Crippen LogP contribution in [0.3, 0.4) is 0 Å². The van der Waals surface area contributed by atoms with Gasteiger partial charge in [-0.15, -0.1) is 0 Å². The molecule has 4 N–H and O–H groups in total. The van der Waals surface area contributed by atoms with Crippen LogP contribution in [0.5, 0.6) is 0 Å². The van der Waals surface area contributed by atoms with Crippen molar-refractivity contribution in [2.24, 2.45) is 52.1 Å². The molecule has 4 fully saturated rings. The number of hydrogen-bond donors (Lipinski definition) is 3. The number of fused-ring (bicyclic) bond motifs is 5. The maximum atomic E-state index is 11.8. The van der Waals surface area contributed by atoms with Crippen LogP contribution in [0.25, 0.3) is 0 Å². The van der Waals surface area contributed by atoms with Crippen molar-refractivity contribution in [2.45, 2.75) is 110 Å². The molecule has 0 spiro atoms. The average Bonchev–Trinajstić information content (AvgIpc) is 3.26. The minimum atomic E-state index is -0.151. The van der Waals surface area contributed by atoms with E-state index in [0.717, 1.165) is 45.4 Å². The van der Waals surface area contributed by atoms with E-state index in [0.29, 0.717) is 58.8 Å². The zero-order chi connectivity index (χ0) is 27.5. The lowest BCUT2D eigenvalue weighted by atomic mass is 9.43. The second-order valence-electron chi connectivity index (χ2n) is 14.3. The summed E-state index contributed by atoms with van der Waals surface area (Å²) in [4.78, 5) is 14.2. The van der Waals surface area contributed by atoms with Crippen molar-refractivity contribution in [2.75, 3.05) is 40.3 Å². The topological polar surface area (TPSA) is 87.8 Å². The van der Waals surface area contributed by atoms with Crippen LogP contribution in [0.2, 0.25) is 0 Å². The number of nitrogens with one attached hydrogen (secondary N) is 1. The number of methoxy groups -OCH3 is 1. The van der Waals surface area contributed by atoms with E-state index >= 15 is 0 Å². The maximum absolute atomic E-state index is 11.8. The highest BCUT2D eigenvalue weighted by Crippen LogP contribution is 2.68. The van der Waals surface area contributed by atoms with Crippen LogP contribution in [0, 0.1) is 46.3 Å². The lowest BCUT2D eigenvalue weighted by Crippen LogP contribution is -2.59. The average molecular weight is 534 g/mol. The molecule has 0 aromatic carbocycles. The molecular weight excluding hydrogens is 474 g/mol. The molecule has 0 aromatic rings. The van der Waals surface area contributed by atoms with Gasteiger partial charge in [0.1, 0.15) is 0 Å². The summed E-state index contributed by atoms with van der Waals surface area (Å²) in [6, 6.07) is 0.603. The lowest BCUT2D eigenvalue weighted by molar-refractivity contribution is -0.167. The fraction of sp³-hybridized carbons (Fsp3) is 0.969. The maximum Gasteiger partial charge on any atom is 0.305 e. The number of carbonyl (C=O) groups is 1. The standard InChI is InChI=1S/C32H59N3O3/c1-22(8-11-29(37)38-5)25-9-10-26-30-27(13-15-32(25,26)3)31(2)14-12-24(20-23(31)21-28(30)36)34-17-7-19-35(4)18-6-16-33/h22-28,30,34,36H,6-21,33H2,1-5H3/t22-,23?,24+,25?,26?,27?,28-,30?,31+,32-/m1/s1. The fourth-order valence-corrected chi connectivity index (χ4v) is 10.2. The first-order valence-corrected chi connectivity index (χ1v) is 16.0. The van der Waals surface area contributed by atoms with Crippen LogP contribution >= 0.6 is 0 Å². The molecule has 5 unspecified atom stereocenters. The zero-order valence-corrected chi connectivity index (χ0v) is 25.2. The molecule has 4 rings (SSSR count). The fourth-order valence-electron chi connectivity index (χ4n) is 10.2. The Balaban J connectivity index is 1.33. The minimum Gasteiger partial charge on any atom is -0.469 e. The first kappa shape index (κ1) is 30.3. The number of aliphatic hydroxyl groups is 1. The van der Waals surface area contributed by atoms with Crippen LogP contribution in [-0.2, 0) is 9.53 Å². The monoisotopic (exact) mass is 533 g/mol. The molecule has 6 nitrogen and oxygen atoms in total. The van der Waals surface area contributed by atoms with Gasteiger partial charge in [-0.2, -0.15) is 0 Å². The third-order valence-corrected chi connectivity index (χ3v) is 12.4. The van der Waals surface area contributed by atoms with E-state index in [1.54, 1.807) is 0 Å². The molecule has 10 atom stereocenters. The molecular formula is C32H59N3O3. The molecule has 0 aliphatic heterocycles. The van der Waals surface area contributed by atoms with E-state index in [9.17, 15) is 9.90 Å². The van der Waals surface area contributed by atoms with E-state index in [4.69, 9.17) is 10.5 Å². The van der Waals surface area contributed by atoms with Crippen molar-refractivity contribution in [3.05, 3.63) is 0 Å². The number of hydrogen-bond acceptors (Lipinski definition) is 6. The molecule has 0 amide bonds. The molecule has 4 aliphatic rings. The smallest absolute Gasteiger partial charge is 0.305 e. The predicted octanol–water partition coefficient (Wildman–Crippen LogP) is 4.83. The Morgan fingerprint density at radius 2 is 1.79 bits per heavy atom. The Bertz CT molecular complexity index is 779. The summed E-state index contributed by atoms with van der Waals surface area (Å²) >= 11 is 0. The molecule has 4 aliphatic carbocycles. The molecule has 4 saturated carbocycles. The second kappa shape index (κ2) is 12.9. The Labute approximate surface area is 233 Å². The molecule has 0 saturated heterocycles. The van der Waals surface area contributed by atoms with Gasteiger partial charge in [0.25, 0.3) is 0 Å². The highest BCUT2D eigenvalue weighted by Gasteiger charge is 2.62. The van der Waals surface area contributed by atoms with Crippen molar-refractivity contribution in [1.82, 2.24) is 10.2 Å². The summed E-state index contributed by atoms with van der Waals surface area (Å²) < 4.78 is 4.92. The highest BCUT2D eigenvalue weighted by atomic mass is 16.5. The second-order valence-corrected chi connectivity index (χ2v) is 14.3. The van der Waals surface area contributed by atoms with Gasteiger partial charge in [-0.25, -0.2) is 0 Å². The quantitative estimate of drug-likeness (QED) is 0.246. The van der Waals surface area contributed by atoms with E-state index in [1.807, 2.05) is 0 Å². The normalized spacial score (nSPS) is 41.3. The minimum absolute atomic E-state index is 0.0816. The predicted molar refractivity (Wildman–Crippen MR) is 155 cm³/mol. The number of carbonyl (C=O) groups excluding carboxylic acids is 1. The van der Waals surface area contributed by atoms with E-state index < -0.39 is 0 Å². The first-order valence-electron chi connectivity index (χ1n) is 16.0. The molecule has 6 heteroatoms. The van der Waals surface area contributed by atoms with Gasteiger partial charge in [0.15, 0.2) is 0 Å². The molecule has 220 valence electrons. The van der Waals surface area contributed by atoms with Crippen molar-refractivity contribution < 1.29 is 14.6 Å². The number of nitrogens with two attached hydrogens (primary N) is 1. The summed E-state index contributed by atoms with van der Waals surface area (Å²) in [6.07, 6.45) is 13.5. The number of nitrogens with zero attached hydrogens (tertiary/aromatic N) is 1. The number of ether oxygens (including phenoxy) is 1.